The molecule has 1 saturated heterocycles. The first-order chi connectivity index (χ1) is 13.6. The van der Waals surface area contributed by atoms with Gasteiger partial charge in [0.25, 0.3) is 5.91 Å². The van der Waals surface area contributed by atoms with Crippen molar-refractivity contribution in [2.75, 3.05) is 23.3 Å². The van der Waals surface area contributed by atoms with E-state index < -0.39 is 0 Å². The molecular formula is C19H22BrN7O. The molecule has 0 spiro atoms. The van der Waals surface area contributed by atoms with Gasteiger partial charge in [-0.25, -0.2) is 15.0 Å². The third-order valence-corrected chi connectivity index (χ3v) is 5.55. The molecule has 1 amide bonds. The lowest BCUT2D eigenvalue weighted by atomic mass is 10.1. The van der Waals surface area contributed by atoms with Crippen LogP contribution in [0, 0.1) is 0 Å². The van der Waals surface area contributed by atoms with E-state index in [0.717, 1.165) is 53.5 Å². The number of aromatic nitrogens is 4. The number of nitrogens with one attached hydrogen (secondary N) is 2. The Bertz CT molecular complexity index is 1000. The summed E-state index contributed by atoms with van der Waals surface area (Å²) in [5.41, 5.74) is 9.50. The minimum absolute atomic E-state index is 0.131. The molecule has 0 unspecified atom stereocenters. The number of anilines is 2. The minimum atomic E-state index is -0.357. The van der Waals surface area contributed by atoms with Gasteiger partial charge in [-0.1, -0.05) is 6.92 Å². The fourth-order valence-corrected chi connectivity index (χ4v) is 4.06. The lowest BCUT2D eigenvalue weighted by molar-refractivity contribution is 0.101. The Balaban J connectivity index is 1.69. The quantitative estimate of drug-likeness (QED) is 0.571. The number of pyridine rings is 1. The number of piperidine rings is 1. The Kier molecular flexibility index (Phi) is 5.27. The van der Waals surface area contributed by atoms with Crippen molar-refractivity contribution in [2.24, 2.45) is 5.73 Å². The second kappa shape index (κ2) is 7.84. The summed E-state index contributed by atoms with van der Waals surface area (Å²) in [7, 11) is 0. The number of H-pyrrole nitrogens is 1. The number of nitrogens with two attached hydrogens (primary N) is 1. The van der Waals surface area contributed by atoms with Crippen LogP contribution in [0.4, 0.5) is 11.4 Å². The highest BCUT2D eigenvalue weighted by atomic mass is 79.9. The predicted octanol–water partition coefficient (Wildman–Crippen LogP) is 2.86. The highest BCUT2D eigenvalue weighted by Crippen LogP contribution is 2.38. The van der Waals surface area contributed by atoms with E-state index in [0.29, 0.717) is 11.3 Å². The number of amides is 1. The molecule has 1 fully saturated rings. The minimum Gasteiger partial charge on any atom is -0.368 e. The molecule has 4 N–H and O–H groups in total. The maximum atomic E-state index is 12.7. The van der Waals surface area contributed by atoms with Gasteiger partial charge in [-0.2, -0.15) is 0 Å². The van der Waals surface area contributed by atoms with Crippen LogP contribution in [0.5, 0.6) is 0 Å². The van der Waals surface area contributed by atoms with E-state index in [-0.39, 0.29) is 17.8 Å². The van der Waals surface area contributed by atoms with E-state index in [4.69, 9.17) is 5.73 Å². The lowest BCUT2D eigenvalue weighted by Crippen LogP contribution is -2.43. The lowest BCUT2D eigenvalue weighted by Gasteiger charge is -2.33. The first kappa shape index (κ1) is 18.8. The number of nitrogens with zero attached hydrogens (tertiary/aromatic N) is 4. The van der Waals surface area contributed by atoms with Crippen LogP contribution in [0.1, 0.15) is 35.9 Å². The summed E-state index contributed by atoms with van der Waals surface area (Å²) in [6.45, 7) is 3.69. The van der Waals surface area contributed by atoms with E-state index in [9.17, 15) is 4.79 Å². The molecule has 3 aromatic rings. The van der Waals surface area contributed by atoms with Crippen molar-refractivity contribution in [1.29, 1.82) is 0 Å². The molecular weight excluding hydrogens is 422 g/mol. The summed E-state index contributed by atoms with van der Waals surface area (Å²) >= 11 is 3.62. The number of fused-ring (bicyclic) bond motifs is 1. The van der Waals surface area contributed by atoms with Crippen molar-refractivity contribution < 1.29 is 4.79 Å². The molecule has 28 heavy (non-hydrogen) atoms. The molecule has 1 aliphatic rings. The Morgan fingerprint density at radius 3 is 2.86 bits per heavy atom. The molecule has 0 aliphatic carbocycles. The Labute approximate surface area is 171 Å². The third kappa shape index (κ3) is 3.59. The van der Waals surface area contributed by atoms with Crippen molar-refractivity contribution in [3.63, 3.8) is 0 Å². The molecule has 0 bridgehead atoms. The van der Waals surface area contributed by atoms with Crippen LogP contribution >= 0.6 is 15.9 Å². The number of hydrogen-bond acceptors (Lipinski definition) is 6. The number of rotatable bonds is 4. The maximum absolute atomic E-state index is 12.7. The SMILES string of the molecule is CCc1cnc(C(=O)Nc2c[nH]c3ncc(Br)c(N4CCC[C@@H](N)C4)c23)nc1. The Morgan fingerprint density at radius 1 is 1.36 bits per heavy atom. The first-order valence-corrected chi connectivity index (χ1v) is 10.1. The van der Waals surface area contributed by atoms with Crippen LogP contribution in [-0.2, 0) is 6.42 Å². The van der Waals surface area contributed by atoms with Crippen molar-refractivity contribution >= 4 is 44.2 Å². The molecule has 0 aromatic carbocycles. The summed E-state index contributed by atoms with van der Waals surface area (Å²) in [4.78, 5) is 30.8. The standard InChI is InChI=1S/C19H22BrN7O/c1-2-11-6-22-18(23-7-11)19(28)26-14-9-25-17-15(14)16(13(20)8-24-17)27-5-3-4-12(21)10-27/h6-9,12H,2-5,10,21H2,1H3,(H,24,25)(H,26,28)/t12-/m1/s1. The molecule has 4 rings (SSSR count). The van der Waals surface area contributed by atoms with Gasteiger partial charge in [-0.05, 0) is 40.8 Å². The summed E-state index contributed by atoms with van der Waals surface area (Å²) in [6.07, 6.45) is 9.74. The van der Waals surface area contributed by atoms with Gasteiger partial charge in [0.05, 0.1) is 21.2 Å². The summed E-state index contributed by atoms with van der Waals surface area (Å²) in [5, 5.41) is 3.77. The average molecular weight is 444 g/mol. The number of aryl methyl sites for hydroxylation is 1. The van der Waals surface area contributed by atoms with Crippen LogP contribution in [0.25, 0.3) is 11.0 Å². The van der Waals surface area contributed by atoms with Gasteiger partial charge in [0.2, 0.25) is 5.82 Å². The van der Waals surface area contributed by atoms with Gasteiger partial charge in [-0.15, -0.1) is 0 Å². The number of carbonyl (C=O) groups is 1. The Morgan fingerprint density at radius 2 is 2.14 bits per heavy atom. The molecule has 0 saturated carbocycles. The van der Waals surface area contributed by atoms with E-state index in [1.807, 2.05) is 6.92 Å². The smallest absolute Gasteiger partial charge is 0.293 e. The van der Waals surface area contributed by atoms with Crippen molar-refractivity contribution in [3.05, 3.63) is 40.6 Å². The molecule has 0 radical (unpaired) electrons. The van der Waals surface area contributed by atoms with Gasteiger partial charge in [-0.3, -0.25) is 4.79 Å². The van der Waals surface area contributed by atoms with E-state index >= 15 is 0 Å². The number of aromatic amines is 1. The zero-order valence-corrected chi connectivity index (χ0v) is 17.2. The van der Waals surface area contributed by atoms with Gasteiger partial charge in [0.1, 0.15) is 5.65 Å². The normalized spacial score (nSPS) is 17.1. The van der Waals surface area contributed by atoms with Gasteiger partial charge < -0.3 is 20.9 Å². The topological polar surface area (TPSA) is 113 Å². The molecule has 1 aliphatic heterocycles. The Hall–Kier alpha value is -2.52. The van der Waals surface area contributed by atoms with Crippen LogP contribution in [0.3, 0.4) is 0 Å². The fourth-order valence-electron chi connectivity index (χ4n) is 3.51. The van der Waals surface area contributed by atoms with E-state index in [2.05, 4.69) is 46.1 Å². The zero-order valence-electron chi connectivity index (χ0n) is 15.6. The van der Waals surface area contributed by atoms with Gasteiger partial charge >= 0.3 is 0 Å². The van der Waals surface area contributed by atoms with E-state index in [1.165, 1.54) is 0 Å². The highest BCUT2D eigenvalue weighted by Gasteiger charge is 2.24. The second-order valence-electron chi connectivity index (χ2n) is 6.95. The number of halogens is 1. The van der Waals surface area contributed by atoms with E-state index in [1.54, 1.807) is 24.8 Å². The fraction of sp³-hybridized carbons (Fsp3) is 0.368. The average Bonchev–Trinajstić information content (AvgIpc) is 3.10. The second-order valence-corrected chi connectivity index (χ2v) is 7.81. The molecule has 1 atom stereocenters. The zero-order chi connectivity index (χ0) is 19.7. The third-order valence-electron chi connectivity index (χ3n) is 4.97. The van der Waals surface area contributed by atoms with Crippen LogP contribution in [-0.4, -0.2) is 45.0 Å². The molecule has 9 heteroatoms. The van der Waals surface area contributed by atoms with Crippen LogP contribution in [0.15, 0.2) is 29.3 Å². The van der Waals surface area contributed by atoms with Gasteiger partial charge in [0, 0.05) is 43.9 Å². The van der Waals surface area contributed by atoms with Crippen LogP contribution < -0.4 is 16.0 Å². The first-order valence-electron chi connectivity index (χ1n) is 9.35. The van der Waals surface area contributed by atoms with Crippen LogP contribution in [0.2, 0.25) is 0 Å². The monoisotopic (exact) mass is 443 g/mol. The predicted molar refractivity (Wildman–Crippen MR) is 113 cm³/mol. The highest BCUT2D eigenvalue weighted by molar-refractivity contribution is 9.10. The van der Waals surface area contributed by atoms with Crippen molar-refractivity contribution in [1.82, 2.24) is 19.9 Å². The summed E-state index contributed by atoms with van der Waals surface area (Å²) in [6, 6.07) is 0.131. The molecule has 3 aromatic heterocycles. The number of hydrogen-bond donors (Lipinski definition) is 3. The maximum Gasteiger partial charge on any atom is 0.293 e. The largest absolute Gasteiger partial charge is 0.368 e. The summed E-state index contributed by atoms with van der Waals surface area (Å²) < 4.78 is 0.868. The van der Waals surface area contributed by atoms with Gasteiger partial charge in [0.15, 0.2) is 0 Å². The molecule has 8 nitrogen and oxygen atoms in total. The number of carbonyl (C=O) groups excluding carboxylic acids is 1. The summed E-state index contributed by atoms with van der Waals surface area (Å²) in [5.74, 6) is -0.221. The molecule has 4 heterocycles. The van der Waals surface area contributed by atoms with Crippen molar-refractivity contribution in [3.8, 4) is 0 Å². The van der Waals surface area contributed by atoms with Crippen molar-refractivity contribution in [2.45, 2.75) is 32.2 Å². The molecule has 146 valence electrons.